The number of benzene rings is 3. The number of nitro groups is 1. The minimum atomic E-state index is -0.536. The number of ether oxygens (including phenoxy) is 1. The van der Waals surface area contributed by atoms with Crippen molar-refractivity contribution >= 4 is 34.0 Å². The van der Waals surface area contributed by atoms with Crippen molar-refractivity contribution in [1.82, 2.24) is 0 Å². The van der Waals surface area contributed by atoms with Crippen molar-refractivity contribution in [3.8, 4) is 5.75 Å². The number of imide groups is 1. The molecule has 0 aliphatic carbocycles. The average molecular weight is 362 g/mol. The number of para-hydroxylation sites is 2. The standard InChI is InChI=1S/C20H14N2O5/c1-2-27-17-9-4-3-8-16(17)21-19(23)13-7-5-6-12-15(22(25)26)11-10-14(18(12)13)20(21)24/h3-11H,2H2,1H3. The Morgan fingerprint density at radius 1 is 0.963 bits per heavy atom. The Kier molecular flexibility index (Phi) is 3.84. The summed E-state index contributed by atoms with van der Waals surface area (Å²) in [6.07, 6.45) is 0. The Labute approximate surface area is 153 Å². The topological polar surface area (TPSA) is 89.8 Å². The third kappa shape index (κ3) is 2.43. The van der Waals surface area contributed by atoms with Gasteiger partial charge in [0.25, 0.3) is 17.5 Å². The van der Waals surface area contributed by atoms with Crippen molar-refractivity contribution in [2.75, 3.05) is 11.5 Å². The van der Waals surface area contributed by atoms with Gasteiger partial charge in [-0.3, -0.25) is 19.7 Å². The zero-order valence-corrected chi connectivity index (χ0v) is 14.3. The maximum atomic E-state index is 13.1. The van der Waals surface area contributed by atoms with Crippen LogP contribution in [0.3, 0.4) is 0 Å². The van der Waals surface area contributed by atoms with Gasteiger partial charge in [0.2, 0.25) is 0 Å². The number of hydrogen-bond acceptors (Lipinski definition) is 5. The number of non-ortho nitro benzene ring substituents is 1. The van der Waals surface area contributed by atoms with Crippen LogP contribution in [0.2, 0.25) is 0 Å². The minimum absolute atomic E-state index is 0.139. The van der Waals surface area contributed by atoms with E-state index in [9.17, 15) is 19.7 Å². The Morgan fingerprint density at radius 3 is 2.37 bits per heavy atom. The summed E-state index contributed by atoms with van der Waals surface area (Å²) >= 11 is 0. The fourth-order valence-electron chi connectivity index (χ4n) is 3.38. The molecule has 0 unspecified atom stereocenters. The number of amides is 2. The van der Waals surface area contributed by atoms with Crippen LogP contribution in [0.15, 0.2) is 54.6 Å². The molecule has 0 aromatic heterocycles. The number of anilines is 1. The van der Waals surface area contributed by atoms with Crippen LogP contribution in [0.1, 0.15) is 27.6 Å². The van der Waals surface area contributed by atoms with Crippen molar-refractivity contribution < 1.29 is 19.2 Å². The largest absolute Gasteiger partial charge is 0.492 e. The highest BCUT2D eigenvalue weighted by Crippen LogP contribution is 2.39. The fraction of sp³-hybridized carbons (Fsp3) is 0.100. The van der Waals surface area contributed by atoms with Crippen LogP contribution in [-0.2, 0) is 0 Å². The summed E-state index contributed by atoms with van der Waals surface area (Å²) in [6.45, 7) is 2.19. The summed E-state index contributed by atoms with van der Waals surface area (Å²) in [5.41, 5.74) is 0.698. The van der Waals surface area contributed by atoms with Crippen LogP contribution in [0, 0.1) is 10.1 Å². The van der Waals surface area contributed by atoms with Crippen molar-refractivity contribution in [2.24, 2.45) is 0 Å². The van der Waals surface area contributed by atoms with Gasteiger partial charge in [-0.25, -0.2) is 4.90 Å². The average Bonchev–Trinajstić information content (AvgIpc) is 2.67. The number of rotatable bonds is 4. The normalized spacial score (nSPS) is 13.1. The van der Waals surface area contributed by atoms with Gasteiger partial charge in [-0.05, 0) is 37.3 Å². The Hall–Kier alpha value is -3.74. The van der Waals surface area contributed by atoms with E-state index >= 15 is 0 Å². The second-order valence-electron chi connectivity index (χ2n) is 5.96. The first-order valence-electron chi connectivity index (χ1n) is 8.35. The molecule has 0 fully saturated rings. The van der Waals surface area contributed by atoms with E-state index in [1.54, 1.807) is 42.5 Å². The molecule has 0 saturated heterocycles. The number of hydrogen-bond donors (Lipinski definition) is 0. The van der Waals surface area contributed by atoms with E-state index in [-0.39, 0.29) is 22.2 Å². The van der Waals surface area contributed by atoms with Gasteiger partial charge in [-0.2, -0.15) is 0 Å². The van der Waals surface area contributed by atoms with E-state index < -0.39 is 16.7 Å². The number of carbonyl (C=O) groups is 2. The third-order valence-corrected chi connectivity index (χ3v) is 4.49. The van der Waals surface area contributed by atoms with Crippen LogP contribution in [0.4, 0.5) is 11.4 Å². The highest BCUT2D eigenvalue weighted by molar-refractivity contribution is 6.36. The summed E-state index contributed by atoms with van der Waals surface area (Å²) in [5, 5.41) is 11.9. The Morgan fingerprint density at radius 2 is 1.67 bits per heavy atom. The molecule has 0 atom stereocenters. The summed E-state index contributed by atoms with van der Waals surface area (Å²) in [6, 6.07) is 14.2. The summed E-state index contributed by atoms with van der Waals surface area (Å²) in [5.74, 6) is -0.657. The molecule has 1 aliphatic heterocycles. The maximum absolute atomic E-state index is 13.1. The molecule has 7 heteroatoms. The zero-order valence-electron chi connectivity index (χ0n) is 14.3. The molecule has 7 nitrogen and oxygen atoms in total. The molecule has 3 aromatic carbocycles. The van der Waals surface area contributed by atoms with Crippen LogP contribution in [0.5, 0.6) is 5.75 Å². The molecule has 0 N–H and O–H groups in total. The second kappa shape index (κ2) is 6.21. The molecule has 1 aliphatic rings. The molecule has 0 spiro atoms. The molecule has 134 valence electrons. The molecule has 4 rings (SSSR count). The molecule has 0 bridgehead atoms. The van der Waals surface area contributed by atoms with Gasteiger partial charge in [-0.1, -0.05) is 18.2 Å². The molecular weight excluding hydrogens is 348 g/mol. The molecule has 0 saturated carbocycles. The van der Waals surface area contributed by atoms with Crippen molar-refractivity contribution in [1.29, 1.82) is 0 Å². The van der Waals surface area contributed by atoms with Crippen LogP contribution >= 0.6 is 0 Å². The Balaban J connectivity index is 1.97. The molecule has 3 aromatic rings. The zero-order chi connectivity index (χ0) is 19.1. The fourth-order valence-corrected chi connectivity index (χ4v) is 3.38. The first-order valence-corrected chi connectivity index (χ1v) is 8.35. The van der Waals surface area contributed by atoms with Gasteiger partial charge in [0.05, 0.1) is 22.6 Å². The van der Waals surface area contributed by atoms with E-state index in [2.05, 4.69) is 0 Å². The van der Waals surface area contributed by atoms with E-state index in [0.29, 0.717) is 23.4 Å². The quantitative estimate of drug-likeness (QED) is 0.398. The summed E-state index contributed by atoms with van der Waals surface area (Å²) < 4.78 is 5.56. The highest BCUT2D eigenvalue weighted by Gasteiger charge is 2.36. The minimum Gasteiger partial charge on any atom is -0.492 e. The smallest absolute Gasteiger partial charge is 0.277 e. The predicted octanol–water partition coefficient (Wildman–Crippen LogP) is 3.95. The lowest BCUT2D eigenvalue weighted by Gasteiger charge is -2.28. The van der Waals surface area contributed by atoms with Crippen molar-refractivity contribution in [2.45, 2.75) is 6.92 Å². The van der Waals surface area contributed by atoms with E-state index in [1.165, 1.54) is 12.1 Å². The van der Waals surface area contributed by atoms with Gasteiger partial charge >= 0.3 is 0 Å². The first kappa shape index (κ1) is 16.7. The van der Waals surface area contributed by atoms with Crippen LogP contribution in [0.25, 0.3) is 10.8 Å². The van der Waals surface area contributed by atoms with Crippen LogP contribution in [-0.4, -0.2) is 23.3 Å². The highest BCUT2D eigenvalue weighted by atomic mass is 16.6. The Bertz CT molecular complexity index is 1100. The number of nitro benzene ring substituents is 1. The summed E-state index contributed by atoms with van der Waals surface area (Å²) in [7, 11) is 0. The summed E-state index contributed by atoms with van der Waals surface area (Å²) in [4.78, 5) is 38.1. The van der Waals surface area contributed by atoms with Gasteiger partial charge in [-0.15, -0.1) is 0 Å². The lowest BCUT2D eigenvalue weighted by Crippen LogP contribution is -2.40. The number of carbonyl (C=O) groups excluding carboxylic acids is 2. The van der Waals surface area contributed by atoms with Gasteiger partial charge in [0.1, 0.15) is 5.75 Å². The van der Waals surface area contributed by atoms with Gasteiger partial charge < -0.3 is 4.74 Å². The lowest BCUT2D eigenvalue weighted by atomic mass is 9.92. The van der Waals surface area contributed by atoms with E-state index in [1.807, 2.05) is 6.92 Å². The maximum Gasteiger partial charge on any atom is 0.277 e. The van der Waals surface area contributed by atoms with Gasteiger partial charge in [0, 0.05) is 22.6 Å². The van der Waals surface area contributed by atoms with Gasteiger partial charge in [0.15, 0.2) is 0 Å². The van der Waals surface area contributed by atoms with Crippen molar-refractivity contribution in [3.63, 3.8) is 0 Å². The molecule has 1 heterocycles. The number of nitrogens with zero attached hydrogens (tertiary/aromatic N) is 2. The second-order valence-corrected chi connectivity index (χ2v) is 5.96. The monoisotopic (exact) mass is 362 g/mol. The SMILES string of the molecule is CCOc1ccccc1N1C(=O)c2cccc3c([N+](=O)[O-])ccc(c23)C1=O. The predicted molar refractivity (Wildman–Crippen MR) is 99.4 cm³/mol. The van der Waals surface area contributed by atoms with E-state index in [0.717, 1.165) is 4.90 Å². The third-order valence-electron chi connectivity index (χ3n) is 4.49. The first-order chi connectivity index (χ1) is 13.0. The molecule has 2 amide bonds. The molecule has 0 radical (unpaired) electrons. The van der Waals surface area contributed by atoms with Crippen LogP contribution < -0.4 is 9.64 Å². The van der Waals surface area contributed by atoms with Crippen molar-refractivity contribution in [3.05, 3.63) is 75.8 Å². The van der Waals surface area contributed by atoms with E-state index in [4.69, 9.17) is 4.74 Å². The molecule has 27 heavy (non-hydrogen) atoms. The lowest BCUT2D eigenvalue weighted by molar-refractivity contribution is -0.383. The molecular formula is C20H14N2O5.